The fourth-order valence-electron chi connectivity index (χ4n) is 3.06. The zero-order valence-electron chi connectivity index (χ0n) is 11.0. The SMILES string of the molecule is c1nn(CC2CCCOC2)cc1C1CCNCC1. The van der Waals surface area contributed by atoms with Crippen LogP contribution in [0.25, 0.3) is 0 Å². The molecule has 100 valence electrons. The van der Waals surface area contributed by atoms with E-state index in [-0.39, 0.29) is 0 Å². The molecule has 0 amide bonds. The molecule has 2 aliphatic rings. The van der Waals surface area contributed by atoms with Gasteiger partial charge in [-0.1, -0.05) is 0 Å². The van der Waals surface area contributed by atoms with Crippen molar-refractivity contribution >= 4 is 0 Å². The van der Waals surface area contributed by atoms with E-state index in [0.717, 1.165) is 32.8 Å². The van der Waals surface area contributed by atoms with Gasteiger partial charge in [0.1, 0.15) is 0 Å². The lowest BCUT2D eigenvalue weighted by molar-refractivity contribution is 0.0470. The summed E-state index contributed by atoms with van der Waals surface area (Å²) in [5.41, 5.74) is 1.42. The van der Waals surface area contributed by atoms with E-state index in [1.807, 2.05) is 0 Å². The number of hydrogen-bond acceptors (Lipinski definition) is 3. The van der Waals surface area contributed by atoms with E-state index in [4.69, 9.17) is 4.74 Å². The molecule has 2 saturated heterocycles. The highest BCUT2D eigenvalue weighted by Gasteiger charge is 2.18. The third kappa shape index (κ3) is 2.93. The van der Waals surface area contributed by atoms with Gasteiger partial charge in [0.25, 0.3) is 0 Å². The maximum absolute atomic E-state index is 5.53. The molecule has 0 saturated carbocycles. The molecule has 4 heteroatoms. The van der Waals surface area contributed by atoms with Crippen molar-refractivity contribution in [2.75, 3.05) is 26.3 Å². The fraction of sp³-hybridized carbons (Fsp3) is 0.786. The summed E-state index contributed by atoms with van der Waals surface area (Å²) in [6, 6.07) is 0. The Bertz CT molecular complexity index is 365. The first-order valence-electron chi connectivity index (χ1n) is 7.22. The Morgan fingerprint density at radius 2 is 2.22 bits per heavy atom. The summed E-state index contributed by atoms with van der Waals surface area (Å²) in [4.78, 5) is 0. The van der Waals surface area contributed by atoms with E-state index in [1.54, 1.807) is 0 Å². The van der Waals surface area contributed by atoms with Crippen LogP contribution in [0.4, 0.5) is 0 Å². The number of nitrogens with one attached hydrogen (secondary N) is 1. The molecule has 1 aromatic rings. The van der Waals surface area contributed by atoms with Gasteiger partial charge in [0.2, 0.25) is 0 Å². The van der Waals surface area contributed by atoms with Gasteiger partial charge in [0.05, 0.1) is 12.8 Å². The number of rotatable bonds is 3. The van der Waals surface area contributed by atoms with Crippen LogP contribution in [0.1, 0.15) is 37.2 Å². The Labute approximate surface area is 109 Å². The Balaban J connectivity index is 1.58. The first-order valence-corrected chi connectivity index (χ1v) is 7.22. The van der Waals surface area contributed by atoms with Crippen molar-refractivity contribution in [1.82, 2.24) is 15.1 Å². The molecule has 2 fully saturated rings. The van der Waals surface area contributed by atoms with Gasteiger partial charge in [-0.3, -0.25) is 4.68 Å². The minimum atomic E-state index is 0.652. The van der Waals surface area contributed by atoms with Gasteiger partial charge >= 0.3 is 0 Å². The summed E-state index contributed by atoms with van der Waals surface area (Å²) >= 11 is 0. The lowest BCUT2D eigenvalue weighted by Gasteiger charge is -2.22. The molecule has 2 aliphatic heterocycles. The lowest BCUT2D eigenvalue weighted by atomic mass is 9.93. The van der Waals surface area contributed by atoms with Crippen molar-refractivity contribution in [2.24, 2.45) is 5.92 Å². The number of hydrogen-bond donors (Lipinski definition) is 1. The predicted molar refractivity (Wildman–Crippen MR) is 70.6 cm³/mol. The molecule has 3 heterocycles. The van der Waals surface area contributed by atoms with Crippen LogP contribution in [0.15, 0.2) is 12.4 Å². The largest absolute Gasteiger partial charge is 0.381 e. The topological polar surface area (TPSA) is 39.1 Å². The summed E-state index contributed by atoms with van der Waals surface area (Å²) in [6.45, 7) is 5.15. The third-order valence-corrected chi connectivity index (χ3v) is 4.16. The molecule has 0 radical (unpaired) electrons. The summed E-state index contributed by atoms with van der Waals surface area (Å²) in [7, 11) is 0. The van der Waals surface area contributed by atoms with Crippen LogP contribution >= 0.6 is 0 Å². The lowest BCUT2D eigenvalue weighted by Crippen LogP contribution is -2.26. The van der Waals surface area contributed by atoms with E-state index in [2.05, 4.69) is 27.5 Å². The van der Waals surface area contributed by atoms with Crippen LogP contribution in [0.2, 0.25) is 0 Å². The maximum Gasteiger partial charge on any atom is 0.0524 e. The second kappa shape index (κ2) is 5.85. The zero-order valence-corrected chi connectivity index (χ0v) is 11.0. The molecular weight excluding hydrogens is 226 g/mol. The molecule has 0 bridgehead atoms. The molecule has 1 N–H and O–H groups in total. The summed E-state index contributed by atoms with van der Waals surface area (Å²) in [6.07, 6.45) is 9.30. The van der Waals surface area contributed by atoms with E-state index in [1.165, 1.54) is 31.2 Å². The minimum Gasteiger partial charge on any atom is -0.381 e. The van der Waals surface area contributed by atoms with Gasteiger partial charge in [-0.2, -0.15) is 5.10 Å². The zero-order chi connectivity index (χ0) is 12.2. The number of nitrogens with zero attached hydrogens (tertiary/aromatic N) is 2. The Kier molecular flexibility index (Phi) is 3.96. The van der Waals surface area contributed by atoms with Crippen LogP contribution in [-0.4, -0.2) is 36.1 Å². The molecule has 3 rings (SSSR count). The Hall–Kier alpha value is -0.870. The standard InChI is InChI=1S/C14H23N3O/c1-2-12(11-18-7-1)9-17-10-14(8-16-17)13-3-5-15-6-4-13/h8,10,12-13,15H,1-7,9,11H2. The number of ether oxygens (including phenoxy) is 1. The van der Waals surface area contributed by atoms with Gasteiger partial charge in [0, 0.05) is 25.3 Å². The van der Waals surface area contributed by atoms with E-state index < -0.39 is 0 Å². The van der Waals surface area contributed by atoms with Crippen LogP contribution in [0.5, 0.6) is 0 Å². The van der Waals surface area contributed by atoms with Crippen molar-refractivity contribution in [3.05, 3.63) is 18.0 Å². The highest BCUT2D eigenvalue weighted by molar-refractivity contribution is 5.12. The molecular formula is C14H23N3O. The van der Waals surface area contributed by atoms with Gasteiger partial charge < -0.3 is 10.1 Å². The van der Waals surface area contributed by atoms with Crippen LogP contribution in [0, 0.1) is 5.92 Å². The van der Waals surface area contributed by atoms with Gasteiger partial charge in [-0.15, -0.1) is 0 Å². The molecule has 1 unspecified atom stereocenters. The fourth-order valence-corrected chi connectivity index (χ4v) is 3.06. The highest BCUT2D eigenvalue weighted by Crippen LogP contribution is 2.25. The predicted octanol–water partition coefficient (Wildman–Crippen LogP) is 1.78. The van der Waals surface area contributed by atoms with E-state index >= 15 is 0 Å². The summed E-state index contributed by atoms with van der Waals surface area (Å²) in [5, 5.41) is 7.94. The van der Waals surface area contributed by atoms with Gasteiger partial charge in [-0.25, -0.2) is 0 Å². The second-order valence-electron chi connectivity index (χ2n) is 5.60. The quantitative estimate of drug-likeness (QED) is 0.887. The first-order chi connectivity index (χ1) is 8.92. The maximum atomic E-state index is 5.53. The summed E-state index contributed by atoms with van der Waals surface area (Å²) < 4.78 is 7.65. The number of piperidine rings is 1. The van der Waals surface area contributed by atoms with Crippen molar-refractivity contribution in [2.45, 2.75) is 38.1 Å². The Morgan fingerprint density at radius 1 is 1.33 bits per heavy atom. The Morgan fingerprint density at radius 3 is 3.00 bits per heavy atom. The smallest absolute Gasteiger partial charge is 0.0524 e. The van der Waals surface area contributed by atoms with Gasteiger partial charge in [-0.05, 0) is 50.3 Å². The van der Waals surface area contributed by atoms with Crippen LogP contribution < -0.4 is 5.32 Å². The molecule has 0 spiro atoms. The normalized spacial score (nSPS) is 26.3. The van der Waals surface area contributed by atoms with Crippen LogP contribution in [0.3, 0.4) is 0 Å². The third-order valence-electron chi connectivity index (χ3n) is 4.16. The van der Waals surface area contributed by atoms with Crippen molar-refractivity contribution in [1.29, 1.82) is 0 Å². The second-order valence-corrected chi connectivity index (χ2v) is 5.60. The average molecular weight is 249 g/mol. The summed E-state index contributed by atoms with van der Waals surface area (Å²) in [5.74, 6) is 1.36. The van der Waals surface area contributed by atoms with Crippen LogP contribution in [-0.2, 0) is 11.3 Å². The van der Waals surface area contributed by atoms with Crippen molar-refractivity contribution in [3.63, 3.8) is 0 Å². The molecule has 0 aliphatic carbocycles. The highest BCUT2D eigenvalue weighted by atomic mass is 16.5. The number of aromatic nitrogens is 2. The van der Waals surface area contributed by atoms with E-state index in [0.29, 0.717) is 11.8 Å². The van der Waals surface area contributed by atoms with Gasteiger partial charge in [0.15, 0.2) is 0 Å². The molecule has 4 nitrogen and oxygen atoms in total. The molecule has 1 atom stereocenters. The van der Waals surface area contributed by atoms with E-state index in [9.17, 15) is 0 Å². The van der Waals surface area contributed by atoms with Crippen molar-refractivity contribution in [3.8, 4) is 0 Å². The molecule has 18 heavy (non-hydrogen) atoms. The minimum absolute atomic E-state index is 0.652. The average Bonchev–Trinajstić information content (AvgIpc) is 2.89. The van der Waals surface area contributed by atoms with Crippen molar-refractivity contribution < 1.29 is 4.74 Å². The molecule has 1 aromatic heterocycles. The first kappa shape index (κ1) is 12.2. The molecule has 0 aromatic carbocycles. The monoisotopic (exact) mass is 249 g/mol.